The van der Waals surface area contributed by atoms with Crippen LogP contribution in [0.4, 0.5) is 11.4 Å². The van der Waals surface area contributed by atoms with Gasteiger partial charge in [-0.2, -0.15) is 0 Å². The minimum atomic E-state index is -0.555. The van der Waals surface area contributed by atoms with E-state index in [1.165, 1.54) is 11.8 Å². The van der Waals surface area contributed by atoms with E-state index in [9.17, 15) is 14.4 Å². The Balaban J connectivity index is 2.25. The molecule has 2 rings (SSSR count). The molecule has 2 amide bonds. The highest BCUT2D eigenvalue weighted by Crippen LogP contribution is 2.23. The topological polar surface area (TPSA) is 75.7 Å². The van der Waals surface area contributed by atoms with E-state index in [4.69, 9.17) is 16.3 Å². The van der Waals surface area contributed by atoms with E-state index < -0.39 is 11.9 Å². The largest absolute Gasteiger partial charge is 0.462 e. The summed E-state index contributed by atoms with van der Waals surface area (Å²) in [4.78, 5) is 37.8. The van der Waals surface area contributed by atoms with E-state index in [-0.39, 0.29) is 24.6 Å². The van der Waals surface area contributed by atoms with E-state index in [2.05, 4.69) is 5.32 Å². The summed E-state index contributed by atoms with van der Waals surface area (Å²) in [6.45, 7) is 2.96. The Morgan fingerprint density at radius 2 is 1.73 bits per heavy atom. The molecule has 0 spiro atoms. The number of nitrogens with zero attached hydrogens (tertiary/aromatic N) is 1. The van der Waals surface area contributed by atoms with Crippen LogP contribution in [0.15, 0.2) is 48.5 Å². The smallest absolute Gasteiger partial charge is 0.340 e. The summed E-state index contributed by atoms with van der Waals surface area (Å²) in [5.74, 6) is -1.37. The highest BCUT2D eigenvalue weighted by atomic mass is 35.5. The number of nitrogens with one attached hydrogen (secondary N) is 1. The Hall–Kier alpha value is -2.86. The highest BCUT2D eigenvalue weighted by molar-refractivity contribution is 6.33. The molecular weight excluding hydrogens is 356 g/mol. The van der Waals surface area contributed by atoms with Crippen molar-refractivity contribution in [3.63, 3.8) is 0 Å². The van der Waals surface area contributed by atoms with Crippen LogP contribution in [-0.2, 0) is 14.3 Å². The summed E-state index contributed by atoms with van der Waals surface area (Å²) < 4.78 is 5.02. The third kappa shape index (κ3) is 4.83. The van der Waals surface area contributed by atoms with Crippen molar-refractivity contribution in [1.29, 1.82) is 0 Å². The molecule has 2 aromatic rings. The summed E-state index contributed by atoms with van der Waals surface area (Å²) in [6, 6.07) is 13.3. The molecule has 0 fully saturated rings. The van der Waals surface area contributed by atoms with E-state index in [0.29, 0.717) is 16.4 Å². The first-order valence-corrected chi connectivity index (χ1v) is 8.40. The first-order chi connectivity index (χ1) is 12.4. The van der Waals surface area contributed by atoms with Gasteiger partial charge in [-0.25, -0.2) is 4.79 Å². The lowest BCUT2D eigenvalue weighted by Gasteiger charge is -2.23. The lowest BCUT2D eigenvalue weighted by molar-refractivity contribution is -0.120. The monoisotopic (exact) mass is 374 g/mol. The van der Waals surface area contributed by atoms with E-state index in [1.54, 1.807) is 55.5 Å². The number of benzene rings is 2. The molecule has 7 heteroatoms. The molecule has 0 atom stereocenters. The van der Waals surface area contributed by atoms with Crippen molar-refractivity contribution in [1.82, 2.24) is 0 Å². The fourth-order valence-electron chi connectivity index (χ4n) is 2.35. The molecule has 6 nitrogen and oxygen atoms in total. The quantitative estimate of drug-likeness (QED) is 0.785. The molecule has 2 aromatic carbocycles. The number of amides is 2. The van der Waals surface area contributed by atoms with Gasteiger partial charge in [0.05, 0.1) is 28.6 Å². The van der Waals surface area contributed by atoms with Crippen molar-refractivity contribution in [3.8, 4) is 0 Å². The molecule has 1 N–H and O–H groups in total. The normalized spacial score (nSPS) is 10.1. The first kappa shape index (κ1) is 19.5. The van der Waals surface area contributed by atoms with Gasteiger partial charge in [-0.1, -0.05) is 35.9 Å². The van der Waals surface area contributed by atoms with E-state index in [0.717, 1.165) is 0 Å². The van der Waals surface area contributed by atoms with Crippen LogP contribution in [0.5, 0.6) is 0 Å². The molecule has 26 heavy (non-hydrogen) atoms. The lowest BCUT2D eigenvalue weighted by Crippen LogP contribution is -2.37. The number of halogens is 1. The van der Waals surface area contributed by atoms with Crippen LogP contribution >= 0.6 is 11.6 Å². The third-order valence-electron chi connectivity index (χ3n) is 3.52. The SMILES string of the molecule is CCOC(=O)c1ccccc1N(CC(=O)Nc1ccccc1Cl)C(C)=O. The summed E-state index contributed by atoms with van der Waals surface area (Å²) in [5, 5.41) is 3.05. The van der Waals surface area contributed by atoms with Crippen LogP contribution in [0.3, 0.4) is 0 Å². The van der Waals surface area contributed by atoms with Crippen LogP contribution in [0.2, 0.25) is 5.02 Å². The van der Waals surface area contributed by atoms with Crippen molar-refractivity contribution in [3.05, 3.63) is 59.1 Å². The number of ether oxygens (including phenoxy) is 1. The fourth-order valence-corrected chi connectivity index (χ4v) is 2.54. The maximum Gasteiger partial charge on any atom is 0.340 e. The second-order valence-corrected chi connectivity index (χ2v) is 5.78. The number of hydrogen-bond donors (Lipinski definition) is 1. The number of para-hydroxylation sites is 2. The molecule has 0 aliphatic carbocycles. The Labute approximate surface area is 156 Å². The van der Waals surface area contributed by atoms with Crippen molar-refractivity contribution >= 4 is 40.8 Å². The summed E-state index contributed by atoms with van der Waals surface area (Å²) >= 11 is 6.03. The van der Waals surface area contributed by atoms with Crippen LogP contribution in [0, 0.1) is 0 Å². The molecule has 0 bridgehead atoms. The average Bonchev–Trinajstić information content (AvgIpc) is 2.61. The van der Waals surface area contributed by atoms with Gasteiger partial charge < -0.3 is 15.0 Å². The van der Waals surface area contributed by atoms with Gasteiger partial charge >= 0.3 is 5.97 Å². The van der Waals surface area contributed by atoms with Crippen molar-refractivity contribution < 1.29 is 19.1 Å². The molecule has 136 valence electrons. The van der Waals surface area contributed by atoms with Gasteiger partial charge in [0.25, 0.3) is 0 Å². The standard InChI is InChI=1S/C19H19ClN2O4/c1-3-26-19(25)14-8-4-7-11-17(14)22(13(2)23)12-18(24)21-16-10-6-5-9-15(16)20/h4-11H,3,12H2,1-2H3,(H,21,24). The molecule has 0 saturated heterocycles. The number of carbonyl (C=O) groups excluding carboxylic acids is 3. The molecule has 0 saturated carbocycles. The minimum absolute atomic E-state index is 0.209. The minimum Gasteiger partial charge on any atom is -0.462 e. The predicted octanol–water partition coefficient (Wildman–Crippen LogP) is 3.51. The number of rotatable bonds is 6. The van der Waals surface area contributed by atoms with Gasteiger partial charge in [0.1, 0.15) is 6.54 Å². The molecule has 0 radical (unpaired) electrons. The second kappa shape index (κ2) is 9.01. The number of anilines is 2. The van der Waals surface area contributed by atoms with Gasteiger partial charge in [-0.05, 0) is 31.2 Å². The first-order valence-electron chi connectivity index (χ1n) is 8.02. The Kier molecular flexibility index (Phi) is 6.74. The van der Waals surface area contributed by atoms with Crippen LogP contribution in [-0.4, -0.2) is 30.9 Å². The lowest BCUT2D eigenvalue weighted by atomic mass is 10.1. The van der Waals surface area contributed by atoms with Gasteiger partial charge in [-0.3, -0.25) is 9.59 Å². The molecule has 0 aromatic heterocycles. The Morgan fingerprint density at radius 3 is 2.38 bits per heavy atom. The Morgan fingerprint density at radius 1 is 1.08 bits per heavy atom. The molecule has 0 aliphatic heterocycles. The maximum absolute atomic E-state index is 12.4. The van der Waals surface area contributed by atoms with Crippen LogP contribution in [0.25, 0.3) is 0 Å². The maximum atomic E-state index is 12.4. The van der Waals surface area contributed by atoms with Crippen molar-refractivity contribution in [2.24, 2.45) is 0 Å². The number of carbonyl (C=O) groups is 3. The van der Waals surface area contributed by atoms with E-state index >= 15 is 0 Å². The third-order valence-corrected chi connectivity index (χ3v) is 3.85. The fraction of sp³-hybridized carbons (Fsp3) is 0.211. The summed E-state index contributed by atoms with van der Waals surface area (Å²) in [7, 11) is 0. The molecule has 0 aliphatic rings. The molecule has 0 unspecified atom stereocenters. The van der Waals surface area contributed by atoms with E-state index in [1.807, 2.05) is 0 Å². The van der Waals surface area contributed by atoms with Crippen LogP contribution < -0.4 is 10.2 Å². The second-order valence-electron chi connectivity index (χ2n) is 5.37. The highest BCUT2D eigenvalue weighted by Gasteiger charge is 2.22. The number of esters is 1. The van der Waals surface area contributed by atoms with Gasteiger partial charge in [-0.15, -0.1) is 0 Å². The van der Waals surface area contributed by atoms with Crippen LogP contribution in [0.1, 0.15) is 24.2 Å². The summed E-state index contributed by atoms with van der Waals surface area (Å²) in [6.07, 6.45) is 0. The Bertz CT molecular complexity index is 823. The zero-order valence-corrected chi connectivity index (χ0v) is 15.2. The zero-order chi connectivity index (χ0) is 19.1. The zero-order valence-electron chi connectivity index (χ0n) is 14.5. The van der Waals surface area contributed by atoms with Gasteiger partial charge in [0, 0.05) is 6.92 Å². The molecular formula is C19H19ClN2O4. The summed E-state index contributed by atoms with van der Waals surface area (Å²) in [5.41, 5.74) is 0.976. The average molecular weight is 375 g/mol. The van der Waals surface area contributed by atoms with Gasteiger partial charge in [0.15, 0.2) is 0 Å². The molecule has 0 heterocycles. The number of hydrogen-bond acceptors (Lipinski definition) is 4. The van der Waals surface area contributed by atoms with Crippen molar-refractivity contribution in [2.75, 3.05) is 23.4 Å². The van der Waals surface area contributed by atoms with Crippen molar-refractivity contribution in [2.45, 2.75) is 13.8 Å². The van der Waals surface area contributed by atoms with Gasteiger partial charge in [0.2, 0.25) is 11.8 Å². The predicted molar refractivity (Wildman–Crippen MR) is 101 cm³/mol.